The van der Waals surface area contributed by atoms with Gasteiger partial charge < -0.3 is 11.5 Å². The fourth-order valence-electron chi connectivity index (χ4n) is 1.63. The molecule has 0 saturated heterocycles. The molecule has 5 N–H and O–H groups in total. The van der Waals surface area contributed by atoms with Gasteiger partial charge in [-0.2, -0.15) is 4.99 Å². The summed E-state index contributed by atoms with van der Waals surface area (Å²) in [4.78, 5) is 9.26. The number of fused-ring (bicyclic) bond motifs is 1. The van der Waals surface area contributed by atoms with Crippen molar-refractivity contribution in [2.45, 2.75) is 24.8 Å². The van der Waals surface area contributed by atoms with Gasteiger partial charge in [0.2, 0.25) is 0 Å². The summed E-state index contributed by atoms with van der Waals surface area (Å²) in [5, 5.41) is 2.26. The van der Waals surface area contributed by atoms with Crippen molar-refractivity contribution in [3.63, 3.8) is 0 Å². The third-order valence-corrected chi connectivity index (χ3v) is 3.82. The highest BCUT2D eigenvalue weighted by Crippen LogP contribution is 2.32. The Hall–Kier alpha value is -1.50. The molecule has 5 nitrogen and oxygen atoms in total. The number of guanidine groups is 1. The Labute approximate surface area is 126 Å². The van der Waals surface area contributed by atoms with E-state index in [1.165, 1.54) is 0 Å². The molecule has 0 bridgehead atoms. The lowest BCUT2D eigenvalue weighted by molar-refractivity contribution is 0.771. The number of hydrogen-bond donors (Lipinski definition) is 3. The van der Waals surface area contributed by atoms with Crippen molar-refractivity contribution in [3.05, 3.63) is 29.4 Å². The fraction of sp³-hybridized carbons (Fsp3) is 0.231. The third-order valence-electron chi connectivity index (χ3n) is 2.44. The molecule has 1 aromatic heterocycles. The molecule has 0 aliphatic rings. The van der Waals surface area contributed by atoms with Crippen molar-refractivity contribution >= 4 is 46.1 Å². The Bertz CT molecular complexity index is 652. The van der Waals surface area contributed by atoms with Gasteiger partial charge in [-0.25, -0.2) is 4.98 Å². The van der Waals surface area contributed by atoms with Crippen molar-refractivity contribution in [2.75, 3.05) is 0 Å². The Morgan fingerprint density at radius 1 is 1.35 bits per heavy atom. The van der Waals surface area contributed by atoms with Crippen molar-refractivity contribution in [1.82, 2.24) is 9.71 Å². The lowest BCUT2D eigenvalue weighted by Gasteiger charge is -2.09. The minimum atomic E-state index is -0.0283. The van der Waals surface area contributed by atoms with Gasteiger partial charge in [-0.1, -0.05) is 17.7 Å². The first-order valence-corrected chi connectivity index (χ1v) is 7.27. The molecule has 0 unspecified atom stereocenters. The number of nitrogens with zero attached hydrogens (tertiary/aromatic N) is 2. The Balaban J connectivity index is 2.50. The summed E-state index contributed by atoms with van der Waals surface area (Å²) in [5.41, 5.74) is 10.9. The molecule has 0 aliphatic carbocycles. The van der Waals surface area contributed by atoms with Gasteiger partial charge in [-0.15, -0.1) is 0 Å². The summed E-state index contributed by atoms with van der Waals surface area (Å²) in [7, 11) is 0. The highest BCUT2D eigenvalue weighted by molar-refractivity contribution is 7.97. The van der Waals surface area contributed by atoms with Crippen LogP contribution in [0.3, 0.4) is 0 Å². The van der Waals surface area contributed by atoms with Crippen LogP contribution in [0.25, 0.3) is 10.8 Å². The number of nitrogens with two attached hydrogens (primary N) is 2. The molecule has 0 fully saturated rings. The maximum absolute atomic E-state index is 6.15. The number of rotatable bonds is 4. The largest absolute Gasteiger partial charge is 0.370 e. The van der Waals surface area contributed by atoms with Gasteiger partial charge in [0.15, 0.2) is 11.8 Å². The first kappa shape index (κ1) is 14.9. The summed E-state index contributed by atoms with van der Waals surface area (Å²) >= 11 is 7.69. The molecule has 106 valence electrons. The van der Waals surface area contributed by atoms with Gasteiger partial charge in [0, 0.05) is 27.9 Å². The standard InChI is InChI=1S/C13H16ClN5S/c1-7(2)19-20-8-3-4-9-10(5-8)12(18-13(15)16)17-6-11(9)14/h3-7,19H,1-2H3,(H4,15,16,17,18). The van der Waals surface area contributed by atoms with Crippen LogP contribution in [0.15, 0.2) is 34.3 Å². The third kappa shape index (κ3) is 3.53. The van der Waals surface area contributed by atoms with Gasteiger partial charge >= 0.3 is 0 Å². The SMILES string of the molecule is CC(C)NSc1ccc2c(Cl)cnc(N=C(N)N)c2c1. The van der Waals surface area contributed by atoms with Crippen LogP contribution < -0.4 is 16.2 Å². The van der Waals surface area contributed by atoms with E-state index < -0.39 is 0 Å². The van der Waals surface area contributed by atoms with Gasteiger partial charge in [0.25, 0.3) is 0 Å². The van der Waals surface area contributed by atoms with Crippen LogP contribution in [0, 0.1) is 0 Å². The Morgan fingerprint density at radius 3 is 2.75 bits per heavy atom. The zero-order valence-electron chi connectivity index (χ0n) is 11.2. The van der Waals surface area contributed by atoms with E-state index in [2.05, 4.69) is 28.5 Å². The van der Waals surface area contributed by atoms with Gasteiger partial charge in [0.1, 0.15) is 0 Å². The minimum absolute atomic E-state index is 0.0283. The maximum Gasteiger partial charge on any atom is 0.192 e. The van der Waals surface area contributed by atoms with E-state index in [9.17, 15) is 0 Å². The highest BCUT2D eigenvalue weighted by Gasteiger charge is 2.08. The lowest BCUT2D eigenvalue weighted by atomic mass is 10.1. The molecular weight excluding hydrogens is 294 g/mol. The zero-order chi connectivity index (χ0) is 14.7. The first-order valence-electron chi connectivity index (χ1n) is 6.07. The van der Waals surface area contributed by atoms with Crippen LogP contribution in [-0.2, 0) is 0 Å². The lowest BCUT2D eigenvalue weighted by Crippen LogP contribution is -2.22. The number of aromatic nitrogens is 1. The van der Waals surface area contributed by atoms with Crippen molar-refractivity contribution in [1.29, 1.82) is 0 Å². The number of hydrogen-bond acceptors (Lipinski definition) is 4. The molecule has 0 amide bonds. The van der Waals surface area contributed by atoms with Crippen LogP contribution in [0.2, 0.25) is 5.02 Å². The van der Waals surface area contributed by atoms with Gasteiger partial charge in [0.05, 0.1) is 5.02 Å². The summed E-state index contributed by atoms with van der Waals surface area (Å²) in [6, 6.07) is 6.28. The van der Waals surface area contributed by atoms with Crippen LogP contribution in [0.4, 0.5) is 5.82 Å². The van der Waals surface area contributed by atoms with Crippen molar-refractivity contribution in [3.8, 4) is 0 Å². The second-order valence-electron chi connectivity index (χ2n) is 4.55. The van der Waals surface area contributed by atoms with E-state index in [0.29, 0.717) is 16.9 Å². The molecule has 7 heteroatoms. The highest BCUT2D eigenvalue weighted by atomic mass is 35.5. The minimum Gasteiger partial charge on any atom is -0.370 e. The molecule has 2 aromatic rings. The second-order valence-corrected chi connectivity index (χ2v) is 5.87. The number of benzene rings is 1. The smallest absolute Gasteiger partial charge is 0.192 e. The molecule has 1 aromatic carbocycles. The molecule has 0 spiro atoms. The maximum atomic E-state index is 6.15. The first-order chi connectivity index (χ1) is 9.47. The van der Waals surface area contributed by atoms with E-state index in [1.807, 2.05) is 18.2 Å². The van der Waals surface area contributed by atoms with Crippen LogP contribution >= 0.6 is 23.5 Å². The predicted molar refractivity (Wildman–Crippen MR) is 86.4 cm³/mol. The van der Waals surface area contributed by atoms with E-state index >= 15 is 0 Å². The van der Waals surface area contributed by atoms with E-state index in [0.717, 1.165) is 15.7 Å². The molecule has 0 saturated carbocycles. The fourth-order valence-corrected chi connectivity index (χ4v) is 2.53. The molecule has 2 rings (SSSR count). The molecular formula is C13H16ClN5S. The van der Waals surface area contributed by atoms with Gasteiger partial charge in [-0.05, 0) is 37.9 Å². The number of aliphatic imine (C=N–C) groups is 1. The summed E-state index contributed by atoms with van der Waals surface area (Å²) in [5.74, 6) is 0.441. The van der Waals surface area contributed by atoms with Crippen LogP contribution in [-0.4, -0.2) is 17.0 Å². The summed E-state index contributed by atoms with van der Waals surface area (Å²) in [6.07, 6.45) is 1.55. The Kier molecular flexibility index (Phi) is 4.69. The number of nitrogens with one attached hydrogen (secondary N) is 1. The predicted octanol–water partition coefficient (Wildman–Crippen LogP) is 2.80. The molecule has 0 aliphatic heterocycles. The summed E-state index contributed by atoms with van der Waals surface area (Å²) in [6.45, 7) is 4.16. The van der Waals surface area contributed by atoms with Crippen LogP contribution in [0.5, 0.6) is 0 Å². The second kappa shape index (κ2) is 6.30. The average molecular weight is 310 g/mol. The zero-order valence-corrected chi connectivity index (χ0v) is 12.8. The van der Waals surface area contributed by atoms with Gasteiger partial charge in [-0.3, -0.25) is 4.72 Å². The summed E-state index contributed by atoms with van der Waals surface area (Å²) < 4.78 is 3.28. The van der Waals surface area contributed by atoms with Crippen molar-refractivity contribution < 1.29 is 0 Å². The van der Waals surface area contributed by atoms with E-state index in [1.54, 1.807) is 18.1 Å². The number of pyridine rings is 1. The van der Waals surface area contributed by atoms with E-state index in [4.69, 9.17) is 23.1 Å². The molecule has 20 heavy (non-hydrogen) atoms. The Morgan fingerprint density at radius 2 is 2.10 bits per heavy atom. The van der Waals surface area contributed by atoms with Crippen LogP contribution in [0.1, 0.15) is 13.8 Å². The quantitative estimate of drug-likeness (QED) is 0.459. The molecule has 0 atom stereocenters. The average Bonchev–Trinajstić information content (AvgIpc) is 2.39. The normalized spacial score (nSPS) is 11.0. The topological polar surface area (TPSA) is 89.3 Å². The number of halogens is 1. The monoisotopic (exact) mass is 309 g/mol. The van der Waals surface area contributed by atoms with E-state index in [-0.39, 0.29) is 5.96 Å². The molecule has 0 radical (unpaired) electrons. The van der Waals surface area contributed by atoms with Crippen molar-refractivity contribution in [2.24, 2.45) is 16.5 Å². The molecule has 1 heterocycles.